The second-order valence-corrected chi connectivity index (χ2v) is 8.08. The third kappa shape index (κ3) is 2.71. The molecule has 0 atom stereocenters. The van der Waals surface area contributed by atoms with E-state index >= 15 is 0 Å². The Morgan fingerprint density at radius 2 is 1.48 bits per heavy atom. The second kappa shape index (κ2) is 6.32. The Balaban J connectivity index is 1.84. The zero-order chi connectivity index (χ0) is 18.5. The van der Waals surface area contributed by atoms with Crippen LogP contribution in [0.25, 0.3) is 43.8 Å². The first-order valence-corrected chi connectivity index (χ1v) is 10.0. The SMILES string of the molecule is O=c1cc(-c2cccc3cc4ccccc4cc23)oc2ccc(Br)c(Br)c12. The van der Waals surface area contributed by atoms with Gasteiger partial charge in [0.05, 0.1) is 5.39 Å². The van der Waals surface area contributed by atoms with E-state index in [4.69, 9.17) is 4.42 Å². The molecule has 0 amide bonds. The quantitative estimate of drug-likeness (QED) is 0.236. The van der Waals surface area contributed by atoms with Gasteiger partial charge in [0.25, 0.3) is 0 Å². The van der Waals surface area contributed by atoms with Gasteiger partial charge in [-0.2, -0.15) is 0 Å². The van der Waals surface area contributed by atoms with Gasteiger partial charge in [-0.15, -0.1) is 0 Å². The van der Waals surface area contributed by atoms with Crippen molar-refractivity contribution in [1.29, 1.82) is 0 Å². The standard InChI is InChI=1S/C23H12Br2O2/c24-18-8-9-20-22(23(18)25)19(26)12-21(27-20)16-7-3-6-15-10-13-4-1-2-5-14(13)11-17(15)16/h1-12H. The Labute approximate surface area is 171 Å². The lowest BCUT2D eigenvalue weighted by Crippen LogP contribution is -2.01. The number of halogens is 2. The van der Waals surface area contributed by atoms with E-state index in [1.165, 1.54) is 5.39 Å². The fourth-order valence-corrected chi connectivity index (χ4v) is 4.35. The predicted molar refractivity (Wildman–Crippen MR) is 118 cm³/mol. The van der Waals surface area contributed by atoms with E-state index in [-0.39, 0.29) is 5.43 Å². The first-order valence-electron chi connectivity index (χ1n) is 8.45. The molecule has 1 aromatic heterocycles. The maximum Gasteiger partial charge on any atom is 0.194 e. The third-order valence-electron chi connectivity index (χ3n) is 4.80. The second-order valence-electron chi connectivity index (χ2n) is 6.44. The molecule has 27 heavy (non-hydrogen) atoms. The van der Waals surface area contributed by atoms with Gasteiger partial charge in [-0.1, -0.05) is 42.5 Å². The summed E-state index contributed by atoms with van der Waals surface area (Å²) in [6, 6.07) is 23.9. The van der Waals surface area contributed by atoms with Crippen molar-refractivity contribution in [1.82, 2.24) is 0 Å². The summed E-state index contributed by atoms with van der Waals surface area (Å²) in [7, 11) is 0. The van der Waals surface area contributed by atoms with Gasteiger partial charge in [0.2, 0.25) is 0 Å². The van der Waals surface area contributed by atoms with Gasteiger partial charge in [-0.05, 0) is 77.7 Å². The molecular formula is C23H12Br2O2. The topological polar surface area (TPSA) is 30.2 Å². The normalized spacial score (nSPS) is 11.5. The molecule has 130 valence electrons. The minimum Gasteiger partial charge on any atom is -0.456 e. The first-order chi connectivity index (χ1) is 13.1. The van der Waals surface area contributed by atoms with Gasteiger partial charge in [-0.25, -0.2) is 0 Å². The summed E-state index contributed by atoms with van der Waals surface area (Å²) in [4.78, 5) is 12.8. The summed E-state index contributed by atoms with van der Waals surface area (Å²) < 4.78 is 7.67. The summed E-state index contributed by atoms with van der Waals surface area (Å²) >= 11 is 6.91. The molecule has 4 heteroatoms. The summed E-state index contributed by atoms with van der Waals surface area (Å²) in [6.07, 6.45) is 0. The van der Waals surface area contributed by atoms with Crippen LogP contribution in [0.2, 0.25) is 0 Å². The Hall–Kier alpha value is -2.43. The Morgan fingerprint density at radius 3 is 2.30 bits per heavy atom. The van der Waals surface area contributed by atoms with Crippen LogP contribution in [0.3, 0.4) is 0 Å². The minimum absolute atomic E-state index is 0.0720. The van der Waals surface area contributed by atoms with Crippen molar-refractivity contribution in [2.24, 2.45) is 0 Å². The smallest absolute Gasteiger partial charge is 0.194 e. The van der Waals surface area contributed by atoms with Gasteiger partial charge in [0, 0.05) is 20.6 Å². The van der Waals surface area contributed by atoms with Crippen LogP contribution in [0.5, 0.6) is 0 Å². The predicted octanol–water partition coefficient (Wildman–Crippen LogP) is 7.29. The van der Waals surface area contributed by atoms with Crippen LogP contribution in [0.4, 0.5) is 0 Å². The highest BCUT2D eigenvalue weighted by Gasteiger charge is 2.13. The van der Waals surface area contributed by atoms with Crippen LogP contribution in [0.15, 0.2) is 91.0 Å². The lowest BCUT2D eigenvalue weighted by molar-refractivity contribution is 0.619. The Bertz CT molecular complexity index is 1420. The zero-order valence-corrected chi connectivity index (χ0v) is 17.2. The van der Waals surface area contributed by atoms with Crippen LogP contribution in [0.1, 0.15) is 0 Å². The van der Waals surface area contributed by atoms with Crippen LogP contribution in [-0.2, 0) is 0 Å². The highest BCUT2D eigenvalue weighted by Crippen LogP contribution is 2.35. The average molecular weight is 480 g/mol. The van der Waals surface area contributed by atoms with E-state index in [0.29, 0.717) is 21.2 Å². The van der Waals surface area contributed by atoms with Gasteiger partial charge in [-0.3, -0.25) is 4.79 Å². The zero-order valence-electron chi connectivity index (χ0n) is 14.0. The maximum absolute atomic E-state index is 12.8. The molecule has 5 aromatic rings. The van der Waals surface area contributed by atoms with Crippen molar-refractivity contribution in [2.45, 2.75) is 0 Å². The van der Waals surface area contributed by atoms with Crippen molar-refractivity contribution in [2.75, 3.05) is 0 Å². The number of hydrogen-bond donors (Lipinski definition) is 0. The van der Waals surface area contributed by atoms with E-state index < -0.39 is 0 Å². The van der Waals surface area contributed by atoms with Crippen LogP contribution < -0.4 is 5.43 Å². The summed E-state index contributed by atoms with van der Waals surface area (Å²) in [6.45, 7) is 0. The number of benzene rings is 4. The monoisotopic (exact) mass is 478 g/mol. The lowest BCUT2D eigenvalue weighted by atomic mass is 9.98. The van der Waals surface area contributed by atoms with E-state index in [1.54, 1.807) is 6.07 Å². The molecule has 0 N–H and O–H groups in total. The summed E-state index contributed by atoms with van der Waals surface area (Å²) in [5.41, 5.74) is 1.40. The van der Waals surface area contributed by atoms with Gasteiger partial charge in [0.1, 0.15) is 11.3 Å². The van der Waals surface area contributed by atoms with Gasteiger partial charge >= 0.3 is 0 Å². The van der Waals surface area contributed by atoms with Crippen molar-refractivity contribution in [3.63, 3.8) is 0 Å². The number of hydrogen-bond acceptors (Lipinski definition) is 2. The molecule has 0 saturated carbocycles. The van der Waals surface area contributed by atoms with Crippen molar-refractivity contribution in [3.05, 3.63) is 92.0 Å². The largest absolute Gasteiger partial charge is 0.456 e. The highest BCUT2D eigenvalue weighted by atomic mass is 79.9. The highest BCUT2D eigenvalue weighted by molar-refractivity contribution is 9.13. The third-order valence-corrected chi connectivity index (χ3v) is 6.81. The van der Waals surface area contributed by atoms with Crippen molar-refractivity contribution < 1.29 is 4.42 Å². The van der Waals surface area contributed by atoms with Crippen LogP contribution in [-0.4, -0.2) is 0 Å². The lowest BCUT2D eigenvalue weighted by Gasteiger charge is -2.09. The van der Waals surface area contributed by atoms with E-state index in [0.717, 1.165) is 26.2 Å². The fraction of sp³-hybridized carbons (Fsp3) is 0. The van der Waals surface area contributed by atoms with Gasteiger partial charge in [0.15, 0.2) is 5.43 Å². The summed E-state index contributed by atoms with van der Waals surface area (Å²) in [5, 5.41) is 5.07. The Kier molecular flexibility index (Phi) is 3.92. The average Bonchev–Trinajstić information content (AvgIpc) is 2.68. The molecule has 0 aliphatic rings. The van der Waals surface area contributed by atoms with E-state index in [1.807, 2.05) is 36.4 Å². The molecule has 0 fully saturated rings. The molecule has 0 radical (unpaired) electrons. The molecule has 0 saturated heterocycles. The first kappa shape index (κ1) is 16.7. The molecule has 5 rings (SSSR count). The molecule has 2 nitrogen and oxygen atoms in total. The molecule has 4 aromatic carbocycles. The van der Waals surface area contributed by atoms with Crippen molar-refractivity contribution in [3.8, 4) is 11.3 Å². The summed E-state index contributed by atoms with van der Waals surface area (Å²) in [5.74, 6) is 0.572. The molecular weight excluding hydrogens is 468 g/mol. The molecule has 0 aliphatic carbocycles. The molecule has 1 heterocycles. The molecule has 0 spiro atoms. The molecule has 0 unspecified atom stereocenters. The van der Waals surface area contributed by atoms with E-state index in [9.17, 15) is 4.79 Å². The number of rotatable bonds is 1. The van der Waals surface area contributed by atoms with Crippen molar-refractivity contribution >= 4 is 64.4 Å². The minimum atomic E-state index is -0.0720. The fourth-order valence-electron chi connectivity index (χ4n) is 3.50. The van der Waals surface area contributed by atoms with E-state index in [2.05, 4.69) is 62.2 Å². The molecule has 0 bridgehead atoms. The maximum atomic E-state index is 12.8. The van der Waals surface area contributed by atoms with Gasteiger partial charge < -0.3 is 4.42 Å². The number of fused-ring (bicyclic) bond motifs is 3. The van der Waals surface area contributed by atoms with Crippen LogP contribution >= 0.6 is 31.9 Å². The Morgan fingerprint density at radius 1 is 0.741 bits per heavy atom. The van der Waals surface area contributed by atoms with Crippen LogP contribution in [0, 0.1) is 0 Å². The molecule has 0 aliphatic heterocycles.